The van der Waals surface area contributed by atoms with Gasteiger partial charge in [-0.3, -0.25) is 9.59 Å². The predicted octanol–water partition coefficient (Wildman–Crippen LogP) is 3.98. The van der Waals surface area contributed by atoms with Gasteiger partial charge in [-0.1, -0.05) is 62.0 Å². The molecule has 0 saturated carbocycles. The molecule has 0 bridgehead atoms. The number of para-hydroxylation sites is 2. The first-order valence-electron chi connectivity index (χ1n) is 11.1. The maximum atomic E-state index is 12.5. The summed E-state index contributed by atoms with van der Waals surface area (Å²) in [5.41, 5.74) is 3.89. The summed E-state index contributed by atoms with van der Waals surface area (Å²) in [6.07, 6.45) is 0. The summed E-state index contributed by atoms with van der Waals surface area (Å²) >= 11 is 1.29. The first-order chi connectivity index (χ1) is 16.3. The van der Waals surface area contributed by atoms with Gasteiger partial charge in [0.1, 0.15) is 5.75 Å². The smallest absolute Gasteiger partial charge is 0.258 e. The molecule has 0 aliphatic carbocycles. The van der Waals surface area contributed by atoms with Gasteiger partial charge < -0.3 is 19.9 Å². The van der Waals surface area contributed by atoms with E-state index in [0.29, 0.717) is 16.9 Å². The highest BCUT2D eigenvalue weighted by molar-refractivity contribution is 7.99. The Hall–Kier alpha value is -3.33. The number of aryl methyl sites for hydroxylation is 2. The van der Waals surface area contributed by atoms with E-state index >= 15 is 0 Å². The fraction of sp³-hybridized carbons (Fsp3) is 0.360. The minimum absolute atomic E-state index is 0.0802. The van der Waals surface area contributed by atoms with E-state index in [1.54, 1.807) is 4.57 Å². The van der Waals surface area contributed by atoms with Crippen LogP contribution in [0.4, 0.5) is 5.69 Å². The second kappa shape index (κ2) is 11.7. The molecule has 3 aromatic rings. The summed E-state index contributed by atoms with van der Waals surface area (Å²) in [6.45, 7) is 8.21. The van der Waals surface area contributed by atoms with Crippen LogP contribution in [0.15, 0.2) is 47.6 Å². The van der Waals surface area contributed by atoms with Gasteiger partial charge in [0.05, 0.1) is 12.3 Å². The molecule has 180 valence electrons. The lowest BCUT2D eigenvalue weighted by Gasteiger charge is -2.13. The Kier molecular flexibility index (Phi) is 8.70. The van der Waals surface area contributed by atoms with Gasteiger partial charge in [-0.25, -0.2) is 0 Å². The number of benzene rings is 2. The predicted molar refractivity (Wildman–Crippen MR) is 134 cm³/mol. The van der Waals surface area contributed by atoms with E-state index in [1.807, 2.05) is 63.4 Å². The summed E-state index contributed by atoms with van der Waals surface area (Å²) in [6, 6.07) is 13.6. The molecule has 8 nitrogen and oxygen atoms in total. The van der Waals surface area contributed by atoms with E-state index in [9.17, 15) is 9.59 Å². The summed E-state index contributed by atoms with van der Waals surface area (Å²) in [5, 5.41) is 14.7. The van der Waals surface area contributed by atoms with Crippen molar-refractivity contribution < 1.29 is 14.3 Å². The van der Waals surface area contributed by atoms with Crippen molar-refractivity contribution in [2.24, 2.45) is 7.05 Å². The van der Waals surface area contributed by atoms with Crippen molar-refractivity contribution in [2.75, 3.05) is 17.7 Å². The lowest BCUT2D eigenvalue weighted by molar-refractivity contribution is -0.123. The van der Waals surface area contributed by atoms with E-state index in [4.69, 9.17) is 4.74 Å². The zero-order valence-corrected chi connectivity index (χ0v) is 21.0. The van der Waals surface area contributed by atoms with Crippen LogP contribution in [-0.2, 0) is 23.2 Å². The Bertz CT molecular complexity index is 1140. The first-order valence-corrected chi connectivity index (χ1v) is 12.1. The second-order valence-electron chi connectivity index (χ2n) is 8.32. The highest BCUT2D eigenvalue weighted by atomic mass is 32.2. The number of anilines is 1. The van der Waals surface area contributed by atoms with Crippen LogP contribution < -0.4 is 15.4 Å². The fourth-order valence-corrected chi connectivity index (χ4v) is 4.18. The van der Waals surface area contributed by atoms with Crippen LogP contribution in [0.2, 0.25) is 0 Å². The van der Waals surface area contributed by atoms with Gasteiger partial charge in [0, 0.05) is 12.7 Å². The second-order valence-corrected chi connectivity index (χ2v) is 9.27. The molecule has 2 N–H and O–H groups in total. The summed E-state index contributed by atoms with van der Waals surface area (Å²) in [5.74, 6) is 1.47. The van der Waals surface area contributed by atoms with E-state index in [-0.39, 0.29) is 30.7 Å². The Morgan fingerprint density at radius 1 is 1.03 bits per heavy atom. The molecular weight excluding hydrogens is 450 g/mol. The molecule has 1 aromatic heterocycles. The van der Waals surface area contributed by atoms with Gasteiger partial charge in [-0.15, -0.1) is 10.2 Å². The molecule has 3 rings (SSSR count). The molecule has 2 aromatic carbocycles. The van der Waals surface area contributed by atoms with Crippen LogP contribution in [0.3, 0.4) is 0 Å². The SMILES string of the molecule is Cc1cccc(C)c1OCC(=O)NCc1nnc(SCC(=O)Nc2ccccc2C(C)C)n1C. The highest BCUT2D eigenvalue weighted by Crippen LogP contribution is 2.24. The average Bonchev–Trinajstić information content (AvgIpc) is 3.15. The normalized spacial score (nSPS) is 10.9. The number of nitrogens with zero attached hydrogens (tertiary/aromatic N) is 3. The molecule has 0 aliphatic heterocycles. The van der Waals surface area contributed by atoms with Gasteiger partial charge in [0.25, 0.3) is 5.91 Å². The van der Waals surface area contributed by atoms with Crippen molar-refractivity contribution in [3.8, 4) is 5.75 Å². The third kappa shape index (κ3) is 6.60. The molecule has 0 radical (unpaired) electrons. The number of amides is 2. The van der Waals surface area contributed by atoms with Crippen LogP contribution >= 0.6 is 11.8 Å². The topological polar surface area (TPSA) is 98.1 Å². The van der Waals surface area contributed by atoms with Crippen molar-refractivity contribution in [1.82, 2.24) is 20.1 Å². The van der Waals surface area contributed by atoms with Crippen LogP contribution in [-0.4, -0.2) is 38.9 Å². The zero-order chi connectivity index (χ0) is 24.7. The molecule has 34 heavy (non-hydrogen) atoms. The Morgan fingerprint density at radius 3 is 2.44 bits per heavy atom. The molecule has 9 heteroatoms. The number of carbonyl (C=O) groups excluding carboxylic acids is 2. The Morgan fingerprint density at radius 2 is 1.74 bits per heavy atom. The lowest BCUT2D eigenvalue weighted by atomic mass is 10.0. The number of carbonyl (C=O) groups is 2. The number of ether oxygens (including phenoxy) is 1. The fourth-order valence-electron chi connectivity index (χ4n) is 3.45. The molecule has 0 spiro atoms. The first kappa shape index (κ1) is 25.3. The molecular formula is C25H31N5O3S. The van der Waals surface area contributed by atoms with Crippen molar-refractivity contribution in [3.63, 3.8) is 0 Å². The van der Waals surface area contributed by atoms with Crippen LogP contribution in [0, 0.1) is 13.8 Å². The highest BCUT2D eigenvalue weighted by Gasteiger charge is 2.14. The van der Waals surface area contributed by atoms with Gasteiger partial charge in [0.2, 0.25) is 5.91 Å². The third-order valence-electron chi connectivity index (χ3n) is 5.31. The summed E-state index contributed by atoms with van der Waals surface area (Å²) < 4.78 is 7.46. The Balaban J connectivity index is 1.48. The number of nitrogens with one attached hydrogen (secondary N) is 2. The molecule has 0 unspecified atom stereocenters. The van der Waals surface area contributed by atoms with Gasteiger partial charge in [0.15, 0.2) is 17.6 Å². The molecule has 0 aliphatic rings. The number of aromatic nitrogens is 3. The minimum Gasteiger partial charge on any atom is -0.483 e. The molecule has 0 atom stereocenters. The summed E-state index contributed by atoms with van der Waals surface area (Å²) in [7, 11) is 1.81. The molecule has 0 saturated heterocycles. The van der Waals surface area contributed by atoms with Gasteiger partial charge >= 0.3 is 0 Å². The Labute approximate surface area is 204 Å². The zero-order valence-electron chi connectivity index (χ0n) is 20.2. The van der Waals surface area contributed by atoms with E-state index in [2.05, 4.69) is 34.7 Å². The largest absolute Gasteiger partial charge is 0.483 e. The maximum Gasteiger partial charge on any atom is 0.258 e. The van der Waals surface area contributed by atoms with Gasteiger partial charge in [-0.05, 0) is 42.5 Å². The van der Waals surface area contributed by atoms with Crippen molar-refractivity contribution in [3.05, 3.63) is 65.0 Å². The van der Waals surface area contributed by atoms with E-state index < -0.39 is 0 Å². The number of hydrogen-bond donors (Lipinski definition) is 2. The quantitative estimate of drug-likeness (QED) is 0.425. The van der Waals surface area contributed by atoms with E-state index in [1.165, 1.54) is 11.8 Å². The van der Waals surface area contributed by atoms with Crippen LogP contribution in [0.5, 0.6) is 5.75 Å². The minimum atomic E-state index is -0.247. The third-order valence-corrected chi connectivity index (χ3v) is 6.33. The van der Waals surface area contributed by atoms with Gasteiger partial charge in [-0.2, -0.15) is 0 Å². The van der Waals surface area contributed by atoms with Crippen molar-refractivity contribution in [1.29, 1.82) is 0 Å². The summed E-state index contributed by atoms with van der Waals surface area (Å²) in [4.78, 5) is 24.7. The monoisotopic (exact) mass is 481 g/mol. The lowest BCUT2D eigenvalue weighted by Crippen LogP contribution is -2.29. The maximum absolute atomic E-state index is 12.5. The van der Waals surface area contributed by atoms with Crippen molar-refractivity contribution >= 4 is 29.3 Å². The average molecular weight is 482 g/mol. The standard InChI is InChI=1S/C25H31N5O3S/c1-16(2)19-11-6-7-12-20(19)27-23(32)15-34-25-29-28-21(30(25)5)13-26-22(31)14-33-24-17(3)9-8-10-18(24)4/h6-12,16H,13-15H2,1-5H3,(H,26,31)(H,27,32). The molecule has 0 fully saturated rings. The molecule has 1 heterocycles. The van der Waals surface area contributed by atoms with Crippen LogP contribution in [0.1, 0.15) is 42.3 Å². The van der Waals surface area contributed by atoms with Crippen molar-refractivity contribution in [2.45, 2.75) is 45.3 Å². The molecule has 2 amide bonds. The van der Waals surface area contributed by atoms with Crippen LogP contribution in [0.25, 0.3) is 0 Å². The van der Waals surface area contributed by atoms with E-state index in [0.717, 1.165) is 28.1 Å². The number of thioether (sulfide) groups is 1. The number of rotatable bonds is 10. The number of hydrogen-bond acceptors (Lipinski definition) is 6.